The van der Waals surface area contributed by atoms with E-state index in [1.807, 2.05) is 13.8 Å². The number of carbonyl (C=O) groups excluding carboxylic acids is 1. The maximum absolute atomic E-state index is 11.7. The lowest BCUT2D eigenvalue weighted by Crippen LogP contribution is -2.41. The van der Waals surface area contributed by atoms with Crippen molar-refractivity contribution in [2.75, 3.05) is 13.2 Å². The van der Waals surface area contributed by atoms with E-state index in [0.717, 1.165) is 25.9 Å². The molecule has 1 heterocycles. The number of ether oxygens (including phenoxy) is 1. The number of amides is 1. The molecule has 0 aromatic rings. The Balaban J connectivity index is 2.19. The number of hydrogen-bond acceptors (Lipinski definition) is 3. The van der Waals surface area contributed by atoms with E-state index in [9.17, 15) is 4.79 Å². The monoisotopic (exact) mass is 243 g/mol. The van der Waals surface area contributed by atoms with Gasteiger partial charge in [0, 0.05) is 13.0 Å². The second-order valence-corrected chi connectivity index (χ2v) is 5.13. The van der Waals surface area contributed by atoms with Gasteiger partial charge in [0.1, 0.15) is 0 Å². The highest BCUT2D eigenvalue weighted by Crippen LogP contribution is 2.16. The van der Waals surface area contributed by atoms with Crippen LogP contribution in [0.25, 0.3) is 0 Å². The van der Waals surface area contributed by atoms with Crippen molar-refractivity contribution in [2.45, 2.75) is 58.1 Å². The standard InChI is InChI=1S/C13H25NO3/c1-10(2)12(9-15)14-13(16)7-6-11-5-3-4-8-17-11/h10-12,15H,3-9H2,1-2H3,(H,14,16). The molecule has 1 rings (SSSR count). The van der Waals surface area contributed by atoms with E-state index in [0.29, 0.717) is 6.42 Å². The molecule has 100 valence electrons. The van der Waals surface area contributed by atoms with E-state index >= 15 is 0 Å². The zero-order valence-electron chi connectivity index (χ0n) is 10.9. The van der Waals surface area contributed by atoms with Crippen LogP contribution in [0.2, 0.25) is 0 Å². The van der Waals surface area contributed by atoms with Crippen LogP contribution in [0.4, 0.5) is 0 Å². The lowest BCUT2D eigenvalue weighted by molar-refractivity contribution is -0.123. The average Bonchev–Trinajstić information content (AvgIpc) is 2.34. The van der Waals surface area contributed by atoms with Gasteiger partial charge in [0.15, 0.2) is 0 Å². The number of carbonyl (C=O) groups is 1. The zero-order chi connectivity index (χ0) is 12.7. The normalized spacial score (nSPS) is 22.5. The predicted molar refractivity (Wildman–Crippen MR) is 66.7 cm³/mol. The van der Waals surface area contributed by atoms with E-state index in [-0.39, 0.29) is 30.6 Å². The Morgan fingerprint density at radius 1 is 1.47 bits per heavy atom. The Kier molecular flexibility index (Phi) is 6.52. The van der Waals surface area contributed by atoms with Gasteiger partial charge in [-0.2, -0.15) is 0 Å². The minimum Gasteiger partial charge on any atom is -0.394 e. The first-order chi connectivity index (χ1) is 8.13. The van der Waals surface area contributed by atoms with Gasteiger partial charge in [-0.25, -0.2) is 0 Å². The van der Waals surface area contributed by atoms with Crippen LogP contribution in [0, 0.1) is 5.92 Å². The van der Waals surface area contributed by atoms with Crippen LogP contribution in [-0.4, -0.2) is 36.4 Å². The number of aliphatic hydroxyl groups is 1. The summed E-state index contributed by atoms with van der Waals surface area (Å²) in [4.78, 5) is 11.7. The van der Waals surface area contributed by atoms with E-state index in [4.69, 9.17) is 9.84 Å². The third-order valence-electron chi connectivity index (χ3n) is 3.32. The van der Waals surface area contributed by atoms with Crippen LogP contribution in [-0.2, 0) is 9.53 Å². The van der Waals surface area contributed by atoms with Gasteiger partial charge < -0.3 is 15.2 Å². The van der Waals surface area contributed by atoms with Crippen LogP contribution in [0.5, 0.6) is 0 Å². The molecule has 0 spiro atoms. The molecule has 0 aromatic carbocycles. The molecule has 4 heteroatoms. The summed E-state index contributed by atoms with van der Waals surface area (Å²) in [6, 6.07) is -0.130. The van der Waals surface area contributed by atoms with Gasteiger partial charge in [-0.3, -0.25) is 4.79 Å². The van der Waals surface area contributed by atoms with Crippen LogP contribution in [0.1, 0.15) is 46.0 Å². The smallest absolute Gasteiger partial charge is 0.220 e. The minimum atomic E-state index is -0.130. The van der Waals surface area contributed by atoms with Crippen molar-refractivity contribution in [3.05, 3.63) is 0 Å². The van der Waals surface area contributed by atoms with Crippen molar-refractivity contribution in [1.82, 2.24) is 5.32 Å². The first kappa shape index (κ1) is 14.5. The van der Waals surface area contributed by atoms with Crippen molar-refractivity contribution in [3.63, 3.8) is 0 Å². The summed E-state index contributed by atoms with van der Waals surface area (Å²) in [6.45, 7) is 4.82. The predicted octanol–water partition coefficient (Wildman–Crippen LogP) is 1.47. The Morgan fingerprint density at radius 2 is 2.24 bits per heavy atom. The highest BCUT2D eigenvalue weighted by atomic mass is 16.5. The molecule has 2 N–H and O–H groups in total. The van der Waals surface area contributed by atoms with Crippen molar-refractivity contribution in [2.24, 2.45) is 5.92 Å². The SMILES string of the molecule is CC(C)C(CO)NC(=O)CCC1CCCCO1. The zero-order valence-corrected chi connectivity index (χ0v) is 10.9. The fraction of sp³-hybridized carbons (Fsp3) is 0.923. The molecule has 1 aliphatic rings. The molecule has 0 bridgehead atoms. The highest BCUT2D eigenvalue weighted by molar-refractivity contribution is 5.76. The lowest BCUT2D eigenvalue weighted by Gasteiger charge is -2.23. The molecule has 0 aliphatic carbocycles. The summed E-state index contributed by atoms with van der Waals surface area (Å²) >= 11 is 0. The molecule has 2 unspecified atom stereocenters. The van der Waals surface area contributed by atoms with Crippen LogP contribution >= 0.6 is 0 Å². The Hall–Kier alpha value is -0.610. The van der Waals surface area contributed by atoms with E-state index in [1.165, 1.54) is 6.42 Å². The van der Waals surface area contributed by atoms with Gasteiger partial charge in [0.25, 0.3) is 0 Å². The molecule has 4 nitrogen and oxygen atoms in total. The Labute approximate surface area is 104 Å². The van der Waals surface area contributed by atoms with E-state index < -0.39 is 0 Å². The third-order valence-corrected chi connectivity index (χ3v) is 3.32. The van der Waals surface area contributed by atoms with E-state index in [1.54, 1.807) is 0 Å². The number of nitrogens with one attached hydrogen (secondary N) is 1. The first-order valence-electron chi connectivity index (χ1n) is 6.65. The van der Waals surface area contributed by atoms with Gasteiger partial charge in [-0.05, 0) is 31.6 Å². The first-order valence-corrected chi connectivity index (χ1v) is 6.65. The molecular formula is C13H25NO3. The van der Waals surface area contributed by atoms with Crippen LogP contribution in [0.3, 0.4) is 0 Å². The van der Waals surface area contributed by atoms with Gasteiger partial charge in [0.2, 0.25) is 5.91 Å². The van der Waals surface area contributed by atoms with Crippen LogP contribution in [0.15, 0.2) is 0 Å². The van der Waals surface area contributed by atoms with Gasteiger partial charge in [-0.15, -0.1) is 0 Å². The summed E-state index contributed by atoms with van der Waals surface area (Å²) in [6.07, 6.45) is 4.96. The maximum atomic E-state index is 11.7. The largest absolute Gasteiger partial charge is 0.394 e. The molecule has 0 saturated carbocycles. The van der Waals surface area contributed by atoms with Gasteiger partial charge in [0.05, 0.1) is 18.8 Å². The van der Waals surface area contributed by atoms with Gasteiger partial charge >= 0.3 is 0 Å². The summed E-state index contributed by atoms with van der Waals surface area (Å²) in [5.74, 6) is 0.279. The molecule has 1 saturated heterocycles. The van der Waals surface area contributed by atoms with Crippen molar-refractivity contribution in [3.8, 4) is 0 Å². The fourth-order valence-corrected chi connectivity index (χ4v) is 2.03. The second kappa shape index (κ2) is 7.67. The lowest BCUT2D eigenvalue weighted by atomic mass is 10.0. The maximum Gasteiger partial charge on any atom is 0.220 e. The topological polar surface area (TPSA) is 58.6 Å². The highest BCUT2D eigenvalue weighted by Gasteiger charge is 2.18. The van der Waals surface area contributed by atoms with E-state index in [2.05, 4.69) is 5.32 Å². The van der Waals surface area contributed by atoms with Crippen molar-refractivity contribution < 1.29 is 14.6 Å². The molecule has 17 heavy (non-hydrogen) atoms. The number of hydrogen-bond donors (Lipinski definition) is 2. The molecule has 0 aromatic heterocycles. The minimum absolute atomic E-state index is 0.00331. The molecular weight excluding hydrogens is 218 g/mol. The van der Waals surface area contributed by atoms with Crippen molar-refractivity contribution >= 4 is 5.91 Å². The molecule has 1 fully saturated rings. The molecule has 0 radical (unpaired) electrons. The summed E-state index contributed by atoms with van der Waals surface area (Å²) in [5.41, 5.74) is 0. The molecule has 2 atom stereocenters. The summed E-state index contributed by atoms with van der Waals surface area (Å²) in [7, 11) is 0. The average molecular weight is 243 g/mol. The number of rotatable bonds is 6. The fourth-order valence-electron chi connectivity index (χ4n) is 2.03. The Bertz CT molecular complexity index is 225. The summed E-state index contributed by atoms with van der Waals surface area (Å²) in [5, 5.41) is 12.0. The quantitative estimate of drug-likeness (QED) is 0.742. The second-order valence-electron chi connectivity index (χ2n) is 5.13. The van der Waals surface area contributed by atoms with Gasteiger partial charge in [-0.1, -0.05) is 13.8 Å². The Morgan fingerprint density at radius 3 is 2.76 bits per heavy atom. The molecule has 1 aliphatic heterocycles. The third kappa shape index (κ3) is 5.50. The number of aliphatic hydroxyl groups excluding tert-OH is 1. The summed E-state index contributed by atoms with van der Waals surface area (Å²) < 4.78 is 5.58. The van der Waals surface area contributed by atoms with Crippen LogP contribution < -0.4 is 5.32 Å². The van der Waals surface area contributed by atoms with Crippen molar-refractivity contribution in [1.29, 1.82) is 0 Å². The molecule has 1 amide bonds.